The molecule has 3 heteroatoms. The van der Waals surface area contributed by atoms with Gasteiger partial charge in [-0.15, -0.1) is 0 Å². The van der Waals surface area contributed by atoms with Gasteiger partial charge in [-0.25, -0.2) is 0 Å². The smallest absolute Gasteiger partial charge is 0.105 e. The molecule has 0 fully saturated rings. The molecule has 2 atom stereocenters. The van der Waals surface area contributed by atoms with E-state index in [1.807, 2.05) is 18.7 Å². The number of thioether (sulfide) groups is 1. The van der Waals surface area contributed by atoms with Crippen molar-refractivity contribution in [3.63, 3.8) is 0 Å². The fraction of sp³-hybridized carbons (Fsp3) is 0.929. The maximum absolute atomic E-state index is 9.27. The van der Waals surface area contributed by atoms with Crippen molar-refractivity contribution in [2.75, 3.05) is 5.75 Å². The van der Waals surface area contributed by atoms with Gasteiger partial charge < -0.3 is 0 Å². The molecule has 0 aromatic heterocycles. The van der Waals surface area contributed by atoms with Crippen LogP contribution in [-0.4, -0.2) is 22.6 Å². The Kier molecular flexibility index (Phi) is 8.72. The maximum atomic E-state index is 9.27. The van der Waals surface area contributed by atoms with E-state index >= 15 is 0 Å². The lowest BCUT2D eigenvalue weighted by Crippen LogP contribution is -2.46. The molecule has 2 unspecified atom stereocenters. The van der Waals surface area contributed by atoms with Crippen LogP contribution in [0.25, 0.3) is 0 Å². The fourth-order valence-corrected chi connectivity index (χ4v) is 3.27. The van der Waals surface area contributed by atoms with E-state index in [4.69, 9.17) is 0 Å². The molecule has 0 heterocycles. The molecule has 0 bridgehead atoms. The van der Waals surface area contributed by atoms with Crippen molar-refractivity contribution < 1.29 is 0 Å². The number of hydrogen-bond acceptors (Lipinski definition) is 3. The van der Waals surface area contributed by atoms with E-state index in [-0.39, 0.29) is 5.54 Å². The molecule has 2 nitrogen and oxygen atoms in total. The summed E-state index contributed by atoms with van der Waals surface area (Å²) in [5.41, 5.74) is -0.384. The Hall–Kier alpha value is -0.200. The van der Waals surface area contributed by atoms with Gasteiger partial charge in [0.1, 0.15) is 5.54 Å². The van der Waals surface area contributed by atoms with Crippen LogP contribution in [-0.2, 0) is 0 Å². The third-order valence-corrected chi connectivity index (χ3v) is 3.96. The molecule has 0 amide bonds. The highest BCUT2D eigenvalue weighted by Crippen LogP contribution is 2.23. The fourth-order valence-electron chi connectivity index (χ4n) is 2.04. The van der Waals surface area contributed by atoms with Crippen LogP contribution in [0.3, 0.4) is 0 Å². The minimum absolute atomic E-state index is 0.358. The quantitative estimate of drug-likeness (QED) is 0.634. The molecule has 0 spiro atoms. The number of nitrogens with zero attached hydrogens (tertiary/aromatic N) is 1. The lowest BCUT2D eigenvalue weighted by molar-refractivity contribution is 0.382. The second-order valence-corrected chi connectivity index (χ2v) is 6.88. The van der Waals surface area contributed by atoms with Crippen LogP contribution in [0.2, 0.25) is 0 Å². The lowest BCUT2D eigenvalue weighted by atomic mass is 9.97. The highest BCUT2D eigenvalue weighted by molar-refractivity contribution is 7.99. The summed E-state index contributed by atoms with van der Waals surface area (Å²) in [6, 6.07) is 2.78. The SMILES string of the molecule is CCCCCSC(C)CC(C)(C#N)NC(C)C. The molecular weight excluding hydrogens is 228 g/mol. The molecule has 0 radical (unpaired) electrons. The van der Waals surface area contributed by atoms with Crippen molar-refractivity contribution >= 4 is 11.8 Å². The maximum Gasteiger partial charge on any atom is 0.105 e. The van der Waals surface area contributed by atoms with E-state index in [1.165, 1.54) is 25.0 Å². The zero-order valence-electron chi connectivity index (χ0n) is 12.0. The first-order chi connectivity index (χ1) is 7.93. The van der Waals surface area contributed by atoms with Crippen LogP contribution in [0.15, 0.2) is 0 Å². The zero-order chi connectivity index (χ0) is 13.3. The predicted octanol–water partition coefficient (Wildman–Crippen LogP) is 3.97. The first-order valence-corrected chi connectivity index (χ1v) is 7.79. The average Bonchev–Trinajstić information content (AvgIpc) is 2.23. The van der Waals surface area contributed by atoms with Gasteiger partial charge in [0.25, 0.3) is 0 Å². The van der Waals surface area contributed by atoms with Crippen LogP contribution < -0.4 is 5.32 Å². The standard InChI is InChI=1S/C14H28N2S/c1-6-7-8-9-17-13(4)10-14(5,11-15)16-12(2)3/h12-13,16H,6-10H2,1-5H3. The van der Waals surface area contributed by atoms with Gasteiger partial charge >= 0.3 is 0 Å². The van der Waals surface area contributed by atoms with Crippen LogP contribution in [0.4, 0.5) is 0 Å². The summed E-state index contributed by atoms with van der Waals surface area (Å²) in [5, 5.41) is 13.2. The number of nitrogens with one attached hydrogen (secondary N) is 1. The van der Waals surface area contributed by atoms with Gasteiger partial charge in [0, 0.05) is 11.3 Å². The van der Waals surface area contributed by atoms with Gasteiger partial charge in [-0.05, 0) is 39.4 Å². The third-order valence-electron chi connectivity index (χ3n) is 2.70. The second-order valence-electron chi connectivity index (χ2n) is 5.34. The molecule has 0 aromatic rings. The van der Waals surface area contributed by atoms with Gasteiger partial charge in [-0.2, -0.15) is 17.0 Å². The van der Waals surface area contributed by atoms with Crippen LogP contribution in [0.1, 0.15) is 60.3 Å². The van der Waals surface area contributed by atoms with Crippen LogP contribution >= 0.6 is 11.8 Å². The summed E-state index contributed by atoms with van der Waals surface area (Å²) in [4.78, 5) is 0. The molecule has 0 aliphatic carbocycles. The van der Waals surface area contributed by atoms with Gasteiger partial charge in [0.15, 0.2) is 0 Å². The van der Waals surface area contributed by atoms with E-state index in [1.54, 1.807) is 0 Å². The first kappa shape index (κ1) is 16.8. The van der Waals surface area contributed by atoms with E-state index < -0.39 is 0 Å². The summed E-state index contributed by atoms with van der Waals surface area (Å²) in [6.07, 6.45) is 4.81. The number of nitriles is 1. The molecule has 0 saturated carbocycles. The molecule has 1 N–H and O–H groups in total. The van der Waals surface area contributed by atoms with Crippen molar-refractivity contribution in [2.24, 2.45) is 0 Å². The van der Waals surface area contributed by atoms with Crippen molar-refractivity contribution in [1.29, 1.82) is 5.26 Å². The normalized spacial score (nSPS) is 16.5. The Morgan fingerprint density at radius 3 is 2.41 bits per heavy atom. The molecule has 0 aromatic carbocycles. The minimum Gasteiger partial charge on any atom is -0.297 e. The minimum atomic E-state index is -0.384. The van der Waals surface area contributed by atoms with E-state index in [0.29, 0.717) is 11.3 Å². The molecule has 0 aliphatic rings. The topological polar surface area (TPSA) is 35.8 Å². The highest BCUT2D eigenvalue weighted by Gasteiger charge is 2.26. The Labute approximate surface area is 112 Å². The van der Waals surface area contributed by atoms with Crippen LogP contribution in [0, 0.1) is 11.3 Å². The summed E-state index contributed by atoms with van der Waals surface area (Å²) in [5.74, 6) is 1.22. The average molecular weight is 256 g/mol. The van der Waals surface area contributed by atoms with Gasteiger partial charge in [-0.3, -0.25) is 5.32 Å². The molecule has 0 saturated heterocycles. The van der Waals surface area contributed by atoms with Crippen molar-refractivity contribution in [3.8, 4) is 6.07 Å². The summed E-state index contributed by atoms with van der Waals surface area (Å²) >= 11 is 1.99. The zero-order valence-corrected chi connectivity index (χ0v) is 12.9. The Morgan fingerprint density at radius 1 is 1.29 bits per heavy atom. The van der Waals surface area contributed by atoms with Gasteiger partial charge in [0.05, 0.1) is 6.07 Å². The third kappa shape index (κ3) is 8.51. The van der Waals surface area contributed by atoms with Gasteiger partial charge in [-0.1, -0.05) is 26.7 Å². The van der Waals surface area contributed by atoms with Crippen molar-refractivity contribution in [3.05, 3.63) is 0 Å². The van der Waals surface area contributed by atoms with E-state index in [2.05, 4.69) is 39.1 Å². The Morgan fingerprint density at radius 2 is 1.94 bits per heavy atom. The van der Waals surface area contributed by atoms with E-state index in [9.17, 15) is 5.26 Å². The number of rotatable bonds is 9. The Balaban J connectivity index is 3.98. The highest BCUT2D eigenvalue weighted by atomic mass is 32.2. The van der Waals surface area contributed by atoms with Crippen LogP contribution in [0.5, 0.6) is 0 Å². The monoisotopic (exact) mass is 256 g/mol. The largest absolute Gasteiger partial charge is 0.297 e. The number of unbranched alkanes of at least 4 members (excludes halogenated alkanes) is 2. The van der Waals surface area contributed by atoms with Crippen molar-refractivity contribution in [2.45, 2.75) is 77.1 Å². The lowest BCUT2D eigenvalue weighted by Gasteiger charge is -2.28. The summed E-state index contributed by atoms with van der Waals surface area (Å²) in [7, 11) is 0. The summed E-state index contributed by atoms with van der Waals surface area (Å²) < 4.78 is 0. The second kappa shape index (κ2) is 8.83. The first-order valence-electron chi connectivity index (χ1n) is 6.74. The Bertz CT molecular complexity index is 235. The molecule has 0 rings (SSSR count). The van der Waals surface area contributed by atoms with Crippen molar-refractivity contribution in [1.82, 2.24) is 5.32 Å². The molecule has 0 aliphatic heterocycles. The van der Waals surface area contributed by atoms with Gasteiger partial charge in [0.2, 0.25) is 0 Å². The molecule has 100 valence electrons. The molecule has 17 heavy (non-hydrogen) atoms. The summed E-state index contributed by atoms with van der Waals surface area (Å²) in [6.45, 7) is 10.7. The van der Waals surface area contributed by atoms with E-state index in [0.717, 1.165) is 6.42 Å². The predicted molar refractivity (Wildman–Crippen MR) is 78.4 cm³/mol. The molecular formula is C14H28N2S. The number of hydrogen-bond donors (Lipinski definition) is 1.